The van der Waals surface area contributed by atoms with Gasteiger partial charge in [0.05, 0.1) is 19.9 Å². The SMILES string of the molecule is COc1ccc(-c2cc(C(F)(F)F)n3nc(C(=O)Nc4cccc(OC)c4)nc3n2)cc1. The Morgan fingerprint density at radius 2 is 1.69 bits per heavy atom. The van der Waals surface area contributed by atoms with E-state index >= 15 is 0 Å². The maximum atomic E-state index is 13.7. The molecule has 4 rings (SSSR count). The van der Waals surface area contributed by atoms with Gasteiger partial charge in [-0.25, -0.2) is 4.98 Å². The normalized spacial score (nSPS) is 11.4. The van der Waals surface area contributed by atoms with Crippen molar-refractivity contribution >= 4 is 17.4 Å². The molecule has 1 amide bonds. The molecule has 1 N–H and O–H groups in total. The van der Waals surface area contributed by atoms with Crippen LogP contribution in [0.1, 0.15) is 16.3 Å². The Kier molecular flexibility index (Phi) is 5.39. The molecule has 8 nitrogen and oxygen atoms in total. The molecule has 0 unspecified atom stereocenters. The third-order valence-electron chi connectivity index (χ3n) is 4.52. The van der Waals surface area contributed by atoms with E-state index in [9.17, 15) is 18.0 Å². The van der Waals surface area contributed by atoms with Gasteiger partial charge in [0.1, 0.15) is 11.5 Å². The molecule has 0 saturated carbocycles. The summed E-state index contributed by atoms with van der Waals surface area (Å²) in [5, 5.41) is 6.27. The summed E-state index contributed by atoms with van der Waals surface area (Å²) in [6, 6.07) is 13.7. The van der Waals surface area contributed by atoms with Gasteiger partial charge < -0.3 is 14.8 Å². The zero-order valence-electron chi connectivity index (χ0n) is 16.8. The molecule has 2 aromatic carbocycles. The van der Waals surface area contributed by atoms with Crippen LogP contribution in [-0.4, -0.2) is 39.7 Å². The van der Waals surface area contributed by atoms with Crippen LogP contribution in [0.25, 0.3) is 17.0 Å². The average Bonchev–Trinajstić information content (AvgIpc) is 3.22. The summed E-state index contributed by atoms with van der Waals surface area (Å²) in [4.78, 5) is 20.6. The van der Waals surface area contributed by atoms with E-state index in [1.54, 1.807) is 48.5 Å². The number of benzene rings is 2. The Bertz CT molecular complexity index is 1290. The molecule has 0 aliphatic heterocycles. The van der Waals surface area contributed by atoms with Crippen LogP contribution in [-0.2, 0) is 6.18 Å². The van der Waals surface area contributed by atoms with Gasteiger partial charge in [0, 0.05) is 17.3 Å². The lowest BCUT2D eigenvalue weighted by Crippen LogP contribution is -2.16. The number of methoxy groups -OCH3 is 2. The monoisotopic (exact) mass is 443 g/mol. The Morgan fingerprint density at radius 1 is 0.969 bits per heavy atom. The molecular weight excluding hydrogens is 427 g/mol. The highest BCUT2D eigenvalue weighted by Crippen LogP contribution is 2.32. The summed E-state index contributed by atoms with van der Waals surface area (Å²) in [6.45, 7) is 0. The number of carbonyl (C=O) groups is 1. The number of nitrogens with zero attached hydrogens (tertiary/aromatic N) is 4. The second-order valence-corrected chi connectivity index (χ2v) is 6.59. The third kappa shape index (κ3) is 4.17. The number of hydrogen-bond acceptors (Lipinski definition) is 6. The largest absolute Gasteiger partial charge is 0.497 e. The molecule has 0 aliphatic rings. The van der Waals surface area contributed by atoms with Crippen LogP contribution in [0.15, 0.2) is 54.6 Å². The van der Waals surface area contributed by atoms with E-state index < -0.39 is 23.6 Å². The van der Waals surface area contributed by atoms with Crippen molar-refractivity contribution in [3.05, 3.63) is 66.1 Å². The van der Waals surface area contributed by atoms with Gasteiger partial charge in [-0.05, 0) is 42.5 Å². The minimum absolute atomic E-state index is 0.0274. The Hall–Kier alpha value is -4.15. The maximum Gasteiger partial charge on any atom is 0.433 e. The van der Waals surface area contributed by atoms with Gasteiger partial charge in [-0.1, -0.05) is 6.07 Å². The number of rotatable bonds is 5. The number of aromatic nitrogens is 4. The van der Waals surface area contributed by atoms with Gasteiger partial charge in [0.2, 0.25) is 5.82 Å². The van der Waals surface area contributed by atoms with E-state index in [1.807, 2.05) is 0 Å². The van der Waals surface area contributed by atoms with Crippen molar-refractivity contribution in [1.82, 2.24) is 19.6 Å². The second-order valence-electron chi connectivity index (χ2n) is 6.59. The van der Waals surface area contributed by atoms with E-state index in [0.717, 1.165) is 6.07 Å². The number of alkyl halides is 3. The fourth-order valence-corrected chi connectivity index (χ4v) is 2.96. The van der Waals surface area contributed by atoms with E-state index in [0.29, 0.717) is 27.3 Å². The summed E-state index contributed by atoms with van der Waals surface area (Å²) in [5.41, 5.74) is -0.291. The van der Waals surface area contributed by atoms with Crippen LogP contribution in [0, 0.1) is 0 Å². The summed E-state index contributed by atoms with van der Waals surface area (Å²) in [7, 11) is 2.95. The lowest BCUT2D eigenvalue weighted by Gasteiger charge is -2.10. The average molecular weight is 443 g/mol. The first-order chi connectivity index (χ1) is 15.3. The number of nitrogens with one attached hydrogen (secondary N) is 1. The van der Waals surface area contributed by atoms with Crippen LogP contribution in [0.2, 0.25) is 0 Å². The molecular formula is C21H16F3N5O3. The van der Waals surface area contributed by atoms with E-state index in [2.05, 4.69) is 20.4 Å². The fraction of sp³-hybridized carbons (Fsp3) is 0.143. The fourth-order valence-electron chi connectivity index (χ4n) is 2.96. The highest BCUT2D eigenvalue weighted by atomic mass is 19.4. The smallest absolute Gasteiger partial charge is 0.433 e. The maximum absolute atomic E-state index is 13.7. The number of amides is 1. The first kappa shape index (κ1) is 21.1. The van der Waals surface area contributed by atoms with Crippen molar-refractivity contribution in [3.63, 3.8) is 0 Å². The van der Waals surface area contributed by atoms with Crippen LogP contribution >= 0.6 is 0 Å². The highest BCUT2D eigenvalue weighted by Gasteiger charge is 2.36. The third-order valence-corrected chi connectivity index (χ3v) is 4.52. The predicted octanol–water partition coefficient (Wildman–Crippen LogP) is 4.08. The summed E-state index contributed by atoms with van der Waals surface area (Å²) in [5.74, 6) is -0.567. The first-order valence-corrected chi connectivity index (χ1v) is 9.23. The Morgan fingerprint density at radius 3 is 2.34 bits per heavy atom. The molecule has 0 bridgehead atoms. The molecule has 32 heavy (non-hydrogen) atoms. The first-order valence-electron chi connectivity index (χ1n) is 9.23. The molecule has 4 aromatic rings. The standard InChI is InChI=1S/C21H16F3N5O3/c1-31-14-8-6-12(7-9-14)16-11-17(21(22,23)24)29-20(26-16)27-18(28-29)19(30)25-13-4-3-5-15(10-13)32-2/h3-11H,1-2H3,(H,25,30). The number of carbonyl (C=O) groups excluding carboxylic acids is 1. The van der Waals surface area contributed by atoms with Gasteiger partial charge in [0.15, 0.2) is 5.69 Å². The van der Waals surface area contributed by atoms with Crippen molar-refractivity contribution in [2.45, 2.75) is 6.18 Å². The van der Waals surface area contributed by atoms with Crippen molar-refractivity contribution in [2.75, 3.05) is 19.5 Å². The van der Waals surface area contributed by atoms with Gasteiger partial charge in [-0.2, -0.15) is 22.7 Å². The predicted molar refractivity (Wildman–Crippen MR) is 109 cm³/mol. The molecule has 0 spiro atoms. The minimum Gasteiger partial charge on any atom is -0.497 e. The quantitative estimate of drug-likeness (QED) is 0.500. The number of anilines is 1. The van der Waals surface area contributed by atoms with E-state index in [-0.39, 0.29) is 11.5 Å². The molecule has 0 radical (unpaired) electrons. The van der Waals surface area contributed by atoms with Crippen LogP contribution in [0.3, 0.4) is 0 Å². The number of fused-ring (bicyclic) bond motifs is 1. The zero-order chi connectivity index (χ0) is 22.9. The molecule has 2 aromatic heterocycles. The van der Waals surface area contributed by atoms with E-state index in [1.165, 1.54) is 14.2 Å². The van der Waals surface area contributed by atoms with Crippen molar-refractivity contribution in [2.24, 2.45) is 0 Å². The lowest BCUT2D eigenvalue weighted by atomic mass is 10.1. The topological polar surface area (TPSA) is 90.6 Å². The number of halogens is 3. The minimum atomic E-state index is -4.75. The van der Waals surface area contributed by atoms with Crippen molar-refractivity contribution in [1.29, 1.82) is 0 Å². The Labute approximate surface area is 179 Å². The van der Waals surface area contributed by atoms with E-state index in [4.69, 9.17) is 9.47 Å². The number of ether oxygens (including phenoxy) is 2. The van der Waals surface area contributed by atoms with Crippen LogP contribution in [0.5, 0.6) is 11.5 Å². The summed E-state index contributed by atoms with van der Waals surface area (Å²) < 4.78 is 51.8. The molecule has 164 valence electrons. The number of hydrogen-bond donors (Lipinski definition) is 1. The lowest BCUT2D eigenvalue weighted by molar-refractivity contribution is -0.142. The van der Waals surface area contributed by atoms with Crippen LogP contribution in [0.4, 0.5) is 18.9 Å². The molecule has 0 fully saturated rings. The van der Waals surface area contributed by atoms with Gasteiger partial charge in [-0.3, -0.25) is 4.79 Å². The van der Waals surface area contributed by atoms with Crippen molar-refractivity contribution in [3.8, 4) is 22.8 Å². The summed E-state index contributed by atoms with van der Waals surface area (Å²) >= 11 is 0. The molecule has 0 atom stereocenters. The molecule has 0 aliphatic carbocycles. The van der Waals surface area contributed by atoms with Gasteiger partial charge in [0.25, 0.3) is 11.7 Å². The van der Waals surface area contributed by atoms with Gasteiger partial charge >= 0.3 is 6.18 Å². The van der Waals surface area contributed by atoms with Crippen LogP contribution < -0.4 is 14.8 Å². The second kappa shape index (κ2) is 8.17. The molecule has 0 saturated heterocycles. The zero-order valence-corrected chi connectivity index (χ0v) is 16.8. The van der Waals surface area contributed by atoms with Gasteiger partial charge in [-0.15, -0.1) is 5.10 Å². The molecule has 2 heterocycles. The molecule has 11 heteroatoms. The van der Waals surface area contributed by atoms with Crippen molar-refractivity contribution < 1.29 is 27.4 Å². The highest BCUT2D eigenvalue weighted by molar-refractivity contribution is 6.01. The summed E-state index contributed by atoms with van der Waals surface area (Å²) in [6.07, 6.45) is -4.75. The Balaban J connectivity index is 1.75.